The molecule has 0 fully saturated rings. The minimum Gasteiger partial charge on any atom is -0.462 e. The summed E-state index contributed by atoms with van der Waals surface area (Å²) in [7, 11) is -9.92. The molecule has 0 aliphatic carbocycles. The van der Waals surface area contributed by atoms with Crippen molar-refractivity contribution in [3.05, 3.63) is 0 Å². The fourth-order valence-corrected chi connectivity index (χ4v) is 13.7. The number of hydrogen-bond donors (Lipinski definition) is 3. The van der Waals surface area contributed by atoms with Gasteiger partial charge in [-0.2, -0.15) is 0 Å². The predicted molar refractivity (Wildman–Crippen MR) is 400 cm³/mol. The lowest BCUT2D eigenvalue weighted by molar-refractivity contribution is -0.161. The lowest BCUT2D eigenvalue weighted by Crippen LogP contribution is -2.30. The van der Waals surface area contributed by atoms with Crippen LogP contribution in [0.1, 0.15) is 414 Å². The van der Waals surface area contributed by atoms with E-state index in [-0.39, 0.29) is 25.7 Å². The average molecular weight is 1440 g/mol. The number of ether oxygens (including phenoxy) is 4. The molecule has 17 nitrogen and oxygen atoms in total. The summed E-state index contributed by atoms with van der Waals surface area (Å²) in [5.41, 5.74) is 0. The van der Waals surface area contributed by atoms with Gasteiger partial charge in [0.25, 0.3) is 0 Å². The van der Waals surface area contributed by atoms with Crippen LogP contribution in [0, 0.1) is 11.8 Å². The molecule has 0 saturated carbocycles. The third-order valence-corrected chi connectivity index (χ3v) is 20.7. The topological polar surface area (TPSA) is 237 Å². The first-order valence-corrected chi connectivity index (χ1v) is 44.0. The van der Waals surface area contributed by atoms with Crippen LogP contribution < -0.4 is 0 Å². The first kappa shape index (κ1) is 96.1. The predicted octanol–water partition coefficient (Wildman–Crippen LogP) is 23.5. The Morgan fingerprint density at radius 3 is 0.776 bits per heavy atom. The highest BCUT2D eigenvalue weighted by Crippen LogP contribution is 2.45. The number of esters is 4. The van der Waals surface area contributed by atoms with Crippen molar-refractivity contribution in [1.29, 1.82) is 0 Å². The molecule has 3 N–H and O–H groups in total. The summed E-state index contributed by atoms with van der Waals surface area (Å²) in [6.07, 6.45) is 59.7. The van der Waals surface area contributed by atoms with Gasteiger partial charge in [-0.1, -0.05) is 363 Å². The second kappa shape index (κ2) is 70.7. The number of carbonyl (C=O) groups excluding carboxylic acids is 4. The largest absolute Gasteiger partial charge is 0.472 e. The van der Waals surface area contributed by atoms with Gasteiger partial charge in [0.1, 0.15) is 19.3 Å². The van der Waals surface area contributed by atoms with E-state index in [0.29, 0.717) is 25.7 Å². The average Bonchev–Trinajstić information content (AvgIpc) is 1.01. The van der Waals surface area contributed by atoms with Crippen LogP contribution in [-0.4, -0.2) is 96.7 Å². The number of unbranched alkanes of at least 4 members (excludes halogenated alkanes) is 47. The van der Waals surface area contributed by atoms with Gasteiger partial charge in [0, 0.05) is 25.7 Å². The maximum atomic E-state index is 13.1. The standard InChI is InChI=1S/C79H154O17P2/c1-7-10-12-14-16-18-20-22-23-24-25-26-27-28-29-31-35-40-44-52-58-64-78(83)95-74(67-89-76(81)61-55-49-42-38-36-32-33-37-41-47-53-59-71(4)5)69-93-97(85,86)91-65-73(80)66-92-98(87,88)94-70-75(68-90-77(82)62-56-50-46-45-48-54-60-72(6)9-3)96-79(84)63-57-51-43-39-34-30-21-19-17-15-13-11-8-2/h71-75,80H,7-70H2,1-6H3,(H,85,86)(H,87,88)/t72?,73-,74-,75-/m1/s1. The molecule has 0 rings (SSSR count). The van der Waals surface area contributed by atoms with E-state index >= 15 is 0 Å². The molecule has 582 valence electrons. The Balaban J connectivity index is 5.22. The van der Waals surface area contributed by atoms with Crippen LogP contribution in [0.5, 0.6) is 0 Å². The highest BCUT2D eigenvalue weighted by molar-refractivity contribution is 7.47. The van der Waals surface area contributed by atoms with E-state index in [9.17, 15) is 43.2 Å². The smallest absolute Gasteiger partial charge is 0.462 e. The van der Waals surface area contributed by atoms with Gasteiger partial charge >= 0.3 is 39.5 Å². The molecule has 0 heterocycles. The lowest BCUT2D eigenvalue weighted by Gasteiger charge is -2.21. The fraction of sp³-hybridized carbons (Fsp3) is 0.949. The molecule has 0 amide bonds. The van der Waals surface area contributed by atoms with Crippen molar-refractivity contribution in [2.75, 3.05) is 39.6 Å². The highest BCUT2D eigenvalue weighted by Gasteiger charge is 2.30. The monoisotopic (exact) mass is 1440 g/mol. The summed E-state index contributed by atoms with van der Waals surface area (Å²) in [5, 5.41) is 10.6. The molecule has 0 aliphatic heterocycles. The summed E-state index contributed by atoms with van der Waals surface area (Å²) >= 11 is 0. The van der Waals surface area contributed by atoms with Gasteiger partial charge in [0.2, 0.25) is 0 Å². The number of phosphoric acid groups is 2. The second-order valence-corrected chi connectivity index (χ2v) is 32.1. The first-order valence-electron chi connectivity index (χ1n) is 41.0. The molecule has 0 bridgehead atoms. The SMILES string of the molecule is CCCCCCCCCCCCCCCCCCCCCCCC(=O)O[C@H](COC(=O)CCCCCCCCCCCCCC(C)C)COP(=O)(O)OC[C@@H](O)COP(=O)(O)OC[C@@H](COC(=O)CCCCCCCCC(C)CC)OC(=O)CCCCCCCCCCCCCCC. The zero-order chi connectivity index (χ0) is 72.1. The third-order valence-electron chi connectivity index (χ3n) is 18.8. The zero-order valence-electron chi connectivity index (χ0n) is 64.1. The van der Waals surface area contributed by atoms with Crippen molar-refractivity contribution < 1.29 is 80.2 Å². The maximum Gasteiger partial charge on any atom is 0.472 e. The molecule has 0 saturated heterocycles. The van der Waals surface area contributed by atoms with Crippen LogP contribution in [0.25, 0.3) is 0 Å². The molecule has 0 aromatic rings. The molecule has 0 radical (unpaired) electrons. The number of phosphoric ester groups is 2. The molecule has 0 aromatic carbocycles. The summed E-state index contributed by atoms with van der Waals surface area (Å²) in [6, 6.07) is 0. The maximum absolute atomic E-state index is 13.1. The van der Waals surface area contributed by atoms with Gasteiger partial charge in [0.15, 0.2) is 12.2 Å². The molecular weight excluding hydrogens is 1280 g/mol. The Labute approximate surface area is 600 Å². The Morgan fingerprint density at radius 2 is 0.520 bits per heavy atom. The van der Waals surface area contributed by atoms with Crippen LogP contribution >= 0.6 is 15.6 Å². The van der Waals surface area contributed by atoms with Crippen molar-refractivity contribution in [2.45, 2.75) is 432 Å². The Morgan fingerprint density at radius 1 is 0.296 bits per heavy atom. The molecule has 0 aromatic heterocycles. The van der Waals surface area contributed by atoms with Gasteiger partial charge < -0.3 is 33.8 Å². The van der Waals surface area contributed by atoms with E-state index in [4.69, 9.17) is 37.0 Å². The number of carbonyl (C=O) groups is 4. The molecule has 0 spiro atoms. The van der Waals surface area contributed by atoms with Crippen molar-refractivity contribution in [3.63, 3.8) is 0 Å². The van der Waals surface area contributed by atoms with Gasteiger partial charge in [-0.3, -0.25) is 37.3 Å². The first-order chi connectivity index (χ1) is 47.4. The molecule has 98 heavy (non-hydrogen) atoms. The molecule has 19 heteroatoms. The minimum atomic E-state index is -4.96. The van der Waals surface area contributed by atoms with Crippen LogP contribution in [0.15, 0.2) is 0 Å². The quantitative estimate of drug-likeness (QED) is 0.0222. The Hall–Kier alpha value is -1.94. The minimum absolute atomic E-state index is 0.107. The Bertz CT molecular complexity index is 1890. The van der Waals surface area contributed by atoms with Crippen molar-refractivity contribution >= 4 is 39.5 Å². The van der Waals surface area contributed by atoms with Gasteiger partial charge in [0.05, 0.1) is 26.4 Å². The molecule has 0 aliphatic rings. The van der Waals surface area contributed by atoms with Crippen molar-refractivity contribution in [3.8, 4) is 0 Å². The number of rotatable bonds is 78. The van der Waals surface area contributed by atoms with Gasteiger partial charge in [-0.05, 0) is 37.5 Å². The van der Waals surface area contributed by atoms with Crippen LogP contribution in [0.4, 0.5) is 0 Å². The number of aliphatic hydroxyl groups is 1. The summed E-state index contributed by atoms with van der Waals surface area (Å²) in [4.78, 5) is 72.9. The van der Waals surface area contributed by atoms with E-state index < -0.39 is 97.5 Å². The van der Waals surface area contributed by atoms with E-state index in [1.165, 1.54) is 225 Å². The molecular formula is C79H154O17P2. The highest BCUT2D eigenvalue weighted by atomic mass is 31.2. The van der Waals surface area contributed by atoms with Gasteiger partial charge in [-0.15, -0.1) is 0 Å². The summed E-state index contributed by atoms with van der Waals surface area (Å²) in [6.45, 7) is 9.58. The van der Waals surface area contributed by atoms with E-state index in [0.717, 1.165) is 108 Å². The van der Waals surface area contributed by atoms with E-state index in [2.05, 4.69) is 41.5 Å². The van der Waals surface area contributed by atoms with E-state index in [1.54, 1.807) is 0 Å². The van der Waals surface area contributed by atoms with Crippen molar-refractivity contribution in [2.24, 2.45) is 11.8 Å². The zero-order valence-corrected chi connectivity index (χ0v) is 65.9. The normalized spacial score (nSPS) is 14.2. The van der Waals surface area contributed by atoms with Crippen LogP contribution in [-0.2, 0) is 65.4 Å². The summed E-state index contributed by atoms with van der Waals surface area (Å²) < 4.78 is 68.6. The van der Waals surface area contributed by atoms with Crippen LogP contribution in [0.2, 0.25) is 0 Å². The number of hydrogen-bond acceptors (Lipinski definition) is 15. The summed E-state index contributed by atoms with van der Waals surface area (Å²) in [5.74, 6) is -0.611. The third kappa shape index (κ3) is 71.1. The fourth-order valence-electron chi connectivity index (χ4n) is 12.2. The van der Waals surface area contributed by atoms with Crippen molar-refractivity contribution in [1.82, 2.24) is 0 Å². The van der Waals surface area contributed by atoms with E-state index in [1.807, 2.05) is 0 Å². The van der Waals surface area contributed by atoms with Gasteiger partial charge in [-0.25, -0.2) is 9.13 Å². The number of aliphatic hydroxyl groups excluding tert-OH is 1. The van der Waals surface area contributed by atoms with Crippen LogP contribution in [0.3, 0.4) is 0 Å². The second-order valence-electron chi connectivity index (χ2n) is 29.2. The molecule has 3 unspecified atom stereocenters. The molecule has 6 atom stereocenters. The lowest BCUT2D eigenvalue weighted by atomic mass is 10.00. The Kier molecular flexibility index (Phi) is 69.3.